The molecular weight excluding hydrogens is 483 g/mol. The number of anilines is 1. The molecule has 0 saturated heterocycles. The van der Waals surface area contributed by atoms with Crippen LogP contribution in [-0.4, -0.2) is 40.6 Å². The Bertz CT molecular complexity index is 1210. The van der Waals surface area contributed by atoms with E-state index in [9.17, 15) is 17.6 Å². The summed E-state index contributed by atoms with van der Waals surface area (Å²) in [6.45, 7) is 4.76. The second-order valence-electron chi connectivity index (χ2n) is 7.92. The van der Waals surface area contributed by atoms with Crippen LogP contribution >= 0.6 is 0 Å². The number of amides is 1. The third kappa shape index (κ3) is 7.45. The van der Waals surface area contributed by atoms with E-state index < -0.39 is 28.3 Å². The molecule has 36 heavy (non-hydrogen) atoms. The Labute approximate surface area is 211 Å². The summed E-state index contributed by atoms with van der Waals surface area (Å²) < 4.78 is 52.1. The maximum atomic E-state index is 13.5. The van der Waals surface area contributed by atoms with Crippen LogP contribution in [0, 0.1) is 5.82 Å². The van der Waals surface area contributed by atoms with Crippen molar-refractivity contribution in [1.29, 1.82) is 0 Å². The summed E-state index contributed by atoms with van der Waals surface area (Å²) in [6, 6.07) is 18.7. The van der Waals surface area contributed by atoms with Crippen LogP contribution in [0.2, 0.25) is 0 Å². The lowest BCUT2D eigenvalue weighted by molar-refractivity contribution is -0.119. The Morgan fingerprint density at radius 3 is 1.97 bits per heavy atom. The van der Waals surface area contributed by atoms with Crippen LogP contribution in [0.3, 0.4) is 0 Å². The molecule has 0 aliphatic carbocycles. The van der Waals surface area contributed by atoms with Gasteiger partial charge in [0.05, 0.1) is 23.8 Å². The first-order valence-electron chi connectivity index (χ1n) is 11.8. The van der Waals surface area contributed by atoms with Crippen molar-refractivity contribution < 1.29 is 27.1 Å². The molecule has 3 aromatic rings. The average molecular weight is 515 g/mol. The van der Waals surface area contributed by atoms with Gasteiger partial charge in [0.2, 0.25) is 5.91 Å². The van der Waals surface area contributed by atoms with Crippen molar-refractivity contribution in [3.8, 4) is 11.5 Å². The van der Waals surface area contributed by atoms with E-state index >= 15 is 0 Å². The third-order valence-electron chi connectivity index (χ3n) is 5.32. The molecule has 0 fully saturated rings. The zero-order valence-electron chi connectivity index (χ0n) is 20.4. The van der Waals surface area contributed by atoms with Crippen molar-refractivity contribution in [2.24, 2.45) is 0 Å². The van der Waals surface area contributed by atoms with Gasteiger partial charge in [-0.15, -0.1) is 0 Å². The van der Waals surface area contributed by atoms with Gasteiger partial charge in [-0.3, -0.25) is 9.10 Å². The van der Waals surface area contributed by atoms with Crippen molar-refractivity contribution in [2.75, 3.05) is 30.6 Å². The predicted molar refractivity (Wildman–Crippen MR) is 137 cm³/mol. The molecule has 3 rings (SSSR count). The normalized spacial score (nSPS) is 11.1. The van der Waals surface area contributed by atoms with Gasteiger partial charge in [-0.05, 0) is 92.9 Å². The third-order valence-corrected chi connectivity index (χ3v) is 7.11. The van der Waals surface area contributed by atoms with Gasteiger partial charge >= 0.3 is 0 Å². The number of carbonyl (C=O) groups excluding carboxylic acids is 1. The Kier molecular flexibility index (Phi) is 9.69. The van der Waals surface area contributed by atoms with Gasteiger partial charge in [0.15, 0.2) is 0 Å². The van der Waals surface area contributed by atoms with Crippen molar-refractivity contribution >= 4 is 21.6 Å². The summed E-state index contributed by atoms with van der Waals surface area (Å²) in [6.07, 6.45) is 1.43. The van der Waals surface area contributed by atoms with Gasteiger partial charge in [0.25, 0.3) is 10.0 Å². The second kappa shape index (κ2) is 12.9. The number of nitrogens with one attached hydrogen (secondary N) is 1. The highest BCUT2D eigenvalue weighted by atomic mass is 32.2. The van der Waals surface area contributed by atoms with Gasteiger partial charge < -0.3 is 14.8 Å². The number of hydrogen-bond acceptors (Lipinski definition) is 5. The van der Waals surface area contributed by atoms with E-state index in [4.69, 9.17) is 9.47 Å². The number of benzene rings is 3. The van der Waals surface area contributed by atoms with Crippen LogP contribution < -0.4 is 19.1 Å². The monoisotopic (exact) mass is 514 g/mol. The van der Waals surface area contributed by atoms with Crippen molar-refractivity contribution in [3.05, 3.63) is 84.2 Å². The molecule has 3 aromatic carbocycles. The van der Waals surface area contributed by atoms with E-state index in [1.807, 2.05) is 38.1 Å². The first kappa shape index (κ1) is 27.0. The fourth-order valence-corrected chi connectivity index (χ4v) is 4.97. The quantitative estimate of drug-likeness (QED) is 0.338. The number of hydrogen-bond donors (Lipinski definition) is 1. The largest absolute Gasteiger partial charge is 0.494 e. The van der Waals surface area contributed by atoms with Crippen molar-refractivity contribution in [2.45, 2.75) is 31.6 Å². The second-order valence-corrected chi connectivity index (χ2v) is 9.79. The Balaban J connectivity index is 1.66. The fraction of sp³-hybridized carbons (Fsp3) is 0.296. The van der Waals surface area contributed by atoms with Crippen molar-refractivity contribution in [3.63, 3.8) is 0 Å². The molecule has 0 atom stereocenters. The maximum absolute atomic E-state index is 13.5. The standard InChI is InChI=1S/C27H31FN2O5S/c1-3-34-24-13-7-21(8-14-24)6-5-19-29-27(31)20-30(23-11-9-22(28)10-12-23)36(32,33)26-17-15-25(16-18-26)35-4-2/h7-18H,3-6,19-20H2,1-2H3,(H,29,31). The summed E-state index contributed by atoms with van der Waals surface area (Å²) >= 11 is 0. The van der Waals surface area contributed by atoms with Gasteiger partial charge in [-0.25, -0.2) is 12.8 Å². The summed E-state index contributed by atoms with van der Waals surface area (Å²) in [7, 11) is -4.09. The van der Waals surface area contributed by atoms with Gasteiger partial charge in [-0.2, -0.15) is 0 Å². The van der Waals surface area contributed by atoms with E-state index in [2.05, 4.69) is 5.32 Å². The van der Waals surface area contributed by atoms with Crippen LogP contribution in [0.15, 0.2) is 77.7 Å². The highest BCUT2D eigenvalue weighted by Crippen LogP contribution is 2.25. The molecular formula is C27H31FN2O5S. The lowest BCUT2D eigenvalue weighted by Gasteiger charge is -2.24. The molecule has 0 bridgehead atoms. The molecule has 0 spiro atoms. The molecule has 9 heteroatoms. The maximum Gasteiger partial charge on any atom is 0.264 e. The number of carbonyl (C=O) groups is 1. The first-order chi connectivity index (χ1) is 17.3. The Hall–Kier alpha value is -3.59. The van der Waals surface area contributed by atoms with E-state index in [-0.39, 0.29) is 10.6 Å². The zero-order chi connectivity index (χ0) is 26.0. The van der Waals surface area contributed by atoms with E-state index in [0.717, 1.165) is 34.2 Å². The van der Waals surface area contributed by atoms with E-state index in [1.54, 1.807) is 12.1 Å². The lowest BCUT2D eigenvalue weighted by Crippen LogP contribution is -2.41. The predicted octanol–water partition coefficient (Wildman–Crippen LogP) is 4.57. The smallest absolute Gasteiger partial charge is 0.264 e. The van der Waals surface area contributed by atoms with Crippen LogP contribution in [0.4, 0.5) is 10.1 Å². The molecule has 1 amide bonds. The topological polar surface area (TPSA) is 84.9 Å². The average Bonchev–Trinajstić information content (AvgIpc) is 2.87. The fourth-order valence-electron chi connectivity index (χ4n) is 3.55. The van der Waals surface area contributed by atoms with Crippen LogP contribution in [-0.2, 0) is 21.2 Å². The number of ether oxygens (including phenoxy) is 2. The summed E-state index contributed by atoms with van der Waals surface area (Å²) in [4.78, 5) is 12.7. The van der Waals surface area contributed by atoms with Gasteiger partial charge in [-0.1, -0.05) is 12.1 Å². The molecule has 0 unspecified atom stereocenters. The van der Waals surface area contributed by atoms with Gasteiger partial charge in [0, 0.05) is 6.54 Å². The minimum Gasteiger partial charge on any atom is -0.494 e. The minimum absolute atomic E-state index is 0.00132. The van der Waals surface area contributed by atoms with Crippen molar-refractivity contribution in [1.82, 2.24) is 5.32 Å². The number of sulfonamides is 1. The Morgan fingerprint density at radius 1 is 0.861 bits per heavy atom. The molecule has 0 aliphatic rings. The first-order valence-corrected chi connectivity index (χ1v) is 13.3. The highest BCUT2D eigenvalue weighted by Gasteiger charge is 2.27. The molecule has 0 heterocycles. The molecule has 7 nitrogen and oxygen atoms in total. The molecule has 0 radical (unpaired) electrons. The highest BCUT2D eigenvalue weighted by molar-refractivity contribution is 7.92. The van der Waals surface area contributed by atoms with Crippen LogP contribution in [0.1, 0.15) is 25.8 Å². The SMILES string of the molecule is CCOc1ccc(CCCNC(=O)CN(c2ccc(F)cc2)S(=O)(=O)c2ccc(OCC)cc2)cc1. The minimum atomic E-state index is -4.09. The molecule has 0 saturated carbocycles. The zero-order valence-corrected chi connectivity index (χ0v) is 21.3. The summed E-state index contributed by atoms with van der Waals surface area (Å²) in [5, 5.41) is 2.78. The summed E-state index contributed by atoms with van der Waals surface area (Å²) in [5.41, 5.74) is 1.30. The number of aryl methyl sites for hydroxylation is 1. The van der Waals surface area contributed by atoms with Gasteiger partial charge in [0.1, 0.15) is 23.9 Å². The molecule has 192 valence electrons. The number of halogens is 1. The molecule has 0 aliphatic heterocycles. The van der Waals surface area contributed by atoms with E-state index in [0.29, 0.717) is 31.9 Å². The lowest BCUT2D eigenvalue weighted by atomic mass is 10.1. The molecule has 1 N–H and O–H groups in total. The van der Waals surface area contributed by atoms with E-state index in [1.165, 1.54) is 24.3 Å². The number of rotatable bonds is 13. The van der Waals surface area contributed by atoms with Crippen LogP contribution in [0.25, 0.3) is 0 Å². The molecule has 0 aromatic heterocycles. The van der Waals surface area contributed by atoms with Crippen LogP contribution in [0.5, 0.6) is 11.5 Å². The summed E-state index contributed by atoms with van der Waals surface area (Å²) in [5.74, 6) is 0.385. The Morgan fingerprint density at radius 2 is 1.42 bits per heavy atom. The number of nitrogens with zero attached hydrogens (tertiary/aromatic N) is 1.